The lowest BCUT2D eigenvalue weighted by Gasteiger charge is -2.22. The first-order valence-corrected chi connectivity index (χ1v) is 6.36. The first kappa shape index (κ1) is 12.8. The molecule has 0 amide bonds. The Hall–Kier alpha value is -1.67. The van der Waals surface area contributed by atoms with Crippen LogP contribution in [0, 0.1) is 18.3 Å². The highest BCUT2D eigenvalue weighted by atomic mass is 16.5. The highest BCUT2D eigenvalue weighted by Gasteiger charge is 2.23. The lowest BCUT2D eigenvalue weighted by molar-refractivity contribution is 0.155. The van der Waals surface area contributed by atoms with Crippen LogP contribution in [0.1, 0.15) is 43.5 Å². The van der Waals surface area contributed by atoms with Gasteiger partial charge in [0, 0.05) is 6.04 Å². The molecule has 0 saturated heterocycles. The third-order valence-electron chi connectivity index (χ3n) is 3.26. The van der Waals surface area contributed by atoms with Gasteiger partial charge in [-0.15, -0.1) is 0 Å². The van der Waals surface area contributed by atoms with Crippen LogP contribution >= 0.6 is 0 Å². The highest BCUT2D eigenvalue weighted by molar-refractivity contribution is 5.35. The molecule has 0 spiro atoms. The van der Waals surface area contributed by atoms with Gasteiger partial charge >= 0.3 is 0 Å². The second kappa shape index (κ2) is 5.78. The van der Waals surface area contributed by atoms with Gasteiger partial charge in [-0.05, 0) is 26.2 Å². The molecule has 2 rings (SSSR count). The standard InChI is InChI=1S/C13H18N4O/c1-9-16-8-10(7-14)13(17-9)18-12-6-4-2-3-5-11(12)15/h8,11-12H,2-6,15H2,1H3. The fourth-order valence-electron chi connectivity index (χ4n) is 2.21. The third kappa shape index (κ3) is 2.96. The van der Waals surface area contributed by atoms with Gasteiger partial charge in [-0.1, -0.05) is 12.8 Å². The first-order valence-electron chi connectivity index (χ1n) is 6.36. The summed E-state index contributed by atoms with van der Waals surface area (Å²) in [5.41, 5.74) is 6.48. The minimum Gasteiger partial charge on any atom is -0.472 e. The van der Waals surface area contributed by atoms with Gasteiger partial charge < -0.3 is 10.5 Å². The Morgan fingerprint density at radius 1 is 1.39 bits per heavy atom. The van der Waals surface area contributed by atoms with E-state index in [1.165, 1.54) is 12.6 Å². The zero-order chi connectivity index (χ0) is 13.0. The summed E-state index contributed by atoms with van der Waals surface area (Å²) in [5.74, 6) is 0.971. The molecule has 1 heterocycles. The Bertz CT molecular complexity index is 455. The molecule has 1 aliphatic carbocycles. The quantitative estimate of drug-likeness (QED) is 0.803. The van der Waals surface area contributed by atoms with Crippen LogP contribution in [0.25, 0.3) is 0 Å². The molecule has 5 heteroatoms. The maximum Gasteiger partial charge on any atom is 0.235 e. The number of hydrogen-bond acceptors (Lipinski definition) is 5. The maximum atomic E-state index is 9.02. The van der Waals surface area contributed by atoms with E-state index in [4.69, 9.17) is 15.7 Å². The van der Waals surface area contributed by atoms with Gasteiger partial charge in [-0.25, -0.2) is 4.98 Å². The number of aryl methyl sites for hydroxylation is 1. The molecule has 18 heavy (non-hydrogen) atoms. The van der Waals surface area contributed by atoms with E-state index in [-0.39, 0.29) is 12.1 Å². The number of nitrogens with zero attached hydrogens (tertiary/aromatic N) is 3. The Morgan fingerprint density at radius 2 is 2.17 bits per heavy atom. The Labute approximate surface area is 107 Å². The Balaban J connectivity index is 2.17. The van der Waals surface area contributed by atoms with Crippen molar-refractivity contribution in [3.63, 3.8) is 0 Å². The van der Waals surface area contributed by atoms with Gasteiger partial charge in [0.25, 0.3) is 0 Å². The molecule has 0 aromatic carbocycles. The predicted molar refractivity (Wildman–Crippen MR) is 67.0 cm³/mol. The van der Waals surface area contributed by atoms with E-state index < -0.39 is 0 Å². The summed E-state index contributed by atoms with van der Waals surface area (Å²) in [6.07, 6.45) is 6.81. The van der Waals surface area contributed by atoms with E-state index in [2.05, 4.69) is 16.0 Å². The zero-order valence-electron chi connectivity index (χ0n) is 10.6. The van der Waals surface area contributed by atoms with Crippen molar-refractivity contribution in [2.24, 2.45) is 5.73 Å². The number of ether oxygens (including phenoxy) is 1. The van der Waals surface area contributed by atoms with Crippen LogP contribution in [0.3, 0.4) is 0 Å². The van der Waals surface area contributed by atoms with Crippen molar-refractivity contribution in [3.05, 3.63) is 17.6 Å². The largest absolute Gasteiger partial charge is 0.472 e. The number of nitrogens with two attached hydrogens (primary N) is 1. The fourth-order valence-corrected chi connectivity index (χ4v) is 2.21. The van der Waals surface area contributed by atoms with Crippen LogP contribution in [-0.4, -0.2) is 22.1 Å². The van der Waals surface area contributed by atoms with Crippen LogP contribution in [0.2, 0.25) is 0 Å². The molecule has 2 unspecified atom stereocenters. The second-order valence-corrected chi connectivity index (χ2v) is 4.71. The molecule has 1 aromatic heterocycles. The number of nitriles is 1. The fraction of sp³-hybridized carbons (Fsp3) is 0.615. The van der Waals surface area contributed by atoms with Crippen molar-refractivity contribution < 1.29 is 4.74 Å². The minimum atomic E-state index is -0.0473. The van der Waals surface area contributed by atoms with Gasteiger partial charge in [0.15, 0.2) is 0 Å². The molecule has 1 saturated carbocycles. The van der Waals surface area contributed by atoms with Gasteiger partial charge in [0.05, 0.1) is 6.20 Å². The molecular weight excluding hydrogens is 228 g/mol. The number of aromatic nitrogens is 2. The monoisotopic (exact) mass is 246 g/mol. The van der Waals surface area contributed by atoms with E-state index in [1.807, 2.05) is 0 Å². The lowest BCUT2D eigenvalue weighted by Crippen LogP contribution is -2.38. The average molecular weight is 246 g/mol. The molecule has 1 aliphatic rings. The maximum absolute atomic E-state index is 9.02. The SMILES string of the molecule is Cc1ncc(C#N)c(OC2CCCCCC2N)n1. The minimum absolute atomic E-state index is 0.0225. The van der Waals surface area contributed by atoms with E-state index in [9.17, 15) is 0 Å². The zero-order valence-corrected chi connectivity index (χ0v) is 10.6. The van der Waals surface area contributed by atoms with Crippen molar-refractivity contribution in [1.29, 1.82) is 5.26 Å². The van der Waals surface area contributed by atoms with Crippen LogP contribution in [0.5, 0.6) is 5.88 Å². The molecule has 96 valence electrons. The molecule has 2 atom stereocenters. The van der Waals surface area contributed by atoms with Gasteiger partial charge in [0.2, 0.25) is 5.88 Å². The Morgan fingerprint density at radius 3 is 2.94 bits per heavy atom. The average Bonchev–Trinajstić information content (AvgIpc) is 2.55. The number of rotatable bonds is 2. The van der Waals surface area contributed by atoms with Crippen molar-refractivity contribution in [2.75, 3.05) is 0 Å². The summed E-state index contributed by atoms with van der Waals surface area (Å²) in [6.45, 7) is 1.78. The molecule has 1 fully saturated rings. The summed E-state index contributed by atoms with van der Waals surface area (Å²) < 4.78 is 5.85. The van der Waals surface area contributed by atoms with E-state index in [0.29, 0.717) is 17.3 Å². The van der Waals surface area contributed by atoms with Crippen LogP contribution in [-0.2, 0) is 0 Å². The van der Waals surface area contributed by atoms with Crippen molar-refractivity contribution in [2.45, 2.75) is 51.2 Å². The highest BCUT2D eigenvalue weighted by Crippen LogP contribution is 2.23. The van der Waals surface area contributed by atoms with Gasteiger partial charge in [-0.2, -0.15) is 10.2 Å². The van der Waals surface area contributed by atoms with E-state index in [0.717, 1.165) is 25.7 Å². The molecule has 0 radical (unpaired) electrons. The predicted octanol–water partition coefficient (Wildman–Crippen LogP) is 1.70. The molecule has 2 N–H and O–H groups in total. The van der Waals surface area contributed by atoms with Gasteiger partial charge in [-0.3, -0.25) is 0 Å². The van der Waals surface area contributed by atoms with Crippen LogP contribution in [0.15, 0.2) is 6.20 Å². The molecule has 1 aromatic rings. The van der Waals surface area contributed by atoms with Gasteiger partial charge in [0.1, 0.15) is 23.6 Å². The molecular formula is C13H18N4O. The molecule has 0 aliphatic heterocycles. The summed E-state index contributed by atoms with van der Waals surface area (Å²) >= 11 is 0. The van der Waals surface area contributed by atoms with Crippen LogP contribution in [0.4, 0.5) is 0 Å². The summed E-state index contributed by atoms with van der Waals surface area (Å²) in [6, 6.07) is 2.07. The summed E-state index contributed by atoms with van der Waals surface area (Å²) in [4.78, 5) is 8.19. The lowest BCUT2D eigenvalue weighted by atomic mass is 10.1. The van der Waals surface area contributed by atoms with Crippen molar-refractivity contribution >= 4 is 0 Å². The Kier molecular flexibility index (Phi) is 4.11. The van der Waals surface area contributed by atoms with Crippen molar-refractivity contribution in [3.8, 4) is 11.9 Å². The topological polar surface area (TPSA) is 84.8 Å². The smallest absolute Gasteiger partial charge is 0.235 e. The first-order chi connectivity index (χ1) is 8.70. The van der Waals surface area contributed by atoms with Crippen molar-refractivity contribution in [1.82, 2.24) is 9.97 Å². The number of hydrogen-bond donors (Lipinski definition) is 1. The molecule has 5 nitrogen and oxygen atoms in total. The van der Waals surface area contributed by atoms with E-state index >= 15 is 0 Å². The molecule has 0 bridgehead atoms. The second-order valence-electron chi connectivity index (χ2n) is 4.71. The summed E-state index contributed by atoms with van der Waals surface area (Å²) in [7, 11) is 0. The van der Waals surface area contributed by atoms with Crippen LogP contribution < -0.4 is 10.5 Å². The summed E-state index contributed by atoms with van der Waals surface area (Å²) in [5, 5.41) is 9.02. The van der Waals surface area contributed by atoms with E-state index in [1.54, 1.807) is 6.92 Å². The third-order valence-corrected chi connectivity index (χ3v) is 3.26. The normalized spacial score (nSPS) is 24.1.